The highest BCUT2D eigenvalue weighted by molar-refractivity contribution is 6.13. The van der Waals surface area contributed by atoms with Crippen LogP contribution in [0.2, 0.25) is 0 Å². The molecule has 0 nitrogen and oxygen atoms in total. The van der Waals surface area contributed by atoms with E-state index in [0.717, 1.165) is 0 Å². The molecule has 5 aromatic carbocycles. The van der Waals surface area contributed by atoms with E-state index in [1.165, 1.54) is 71.6 Å². The van der Waals surface area contributed by atoms with Crippen LogP contribution in [0, 0.1) is 34.6 Å². The van der Waals surface area contributed by atoms with Crippen molar-refractivity contribution in [2.24, 2.45) is 0 Å². The van der Waals surface area contributed by atoms with Crippen LogP contribution in [0.15, 0.2) is 78.9 Å². The Morgan fingerprint density at radius 3 is 1.90 bits per heavy atom. The Balaban J connectivity index is 2.07. The van der Waals surface area contributed by atoms with Crippen LogP contribution in [-0.4, -0.2) is 0 Å². The number of hydrogen-bond donors (Lipinski definition) is 0. The minimum atomic E-state index is 1.28. The molecule has 0 fully saturated rings. The third-order valence-electron chi connectivity index (χ3n) is 7.11. The molecule has 31 heavy (non-hydrogen) atoms. The summed E-state index contributed by atoms with van der Waals surface area (Å²) >= 11 is 0. The van der Waals surface area contributed by atoms with Gasteiger partial charge >= 0.3 is 0 Å². The molecule has 0 aliphatic rings. The van der Waals surface area contributed by atoms with Gasteiger partial charge in [0, 0.05) is 0 Å². The van der Waals surface area contributed by atoms with Crippen LogP contribution >= 0.6 is 0 Å². The molecule has 0 heteroatoms. The summed E-state index contributed by atoms with van der Waals surface area (Å²) in [6.07, 6.45) is 0. The lowest BCUT2D eigenvalue weighted by atomic mass is 9.80. The van der Waals surface area contributed by atoms with E-state index in [-0.39, 0.29) is 0 Å². The number of fused-ring (bicyclic) bond motifs is 2. The molecule has 0 saturated heterocycles. The number of hydrogen-bond acceptors (Lipinski definition) is 0. The first-order valence-corrected chi connectivity index (χ1v) is 11.1. The van der Waals surface area contributed by atoms with Crippen molar-refractivity contribution >= 4 is 21.5 Å². The van der Waals surface area contributed by atoms with Crippen LogP contribution in [0.4, 0.5) is 0 Å². The molecule has 152 valence electrons. The van der Waals surface area contributed by atoms with E-state index < -0.39 is 0 Å². The van der Waals surface area contributed by atoms with Crippen molar-refractivity contribution in [3.05, 3.63) is 107 Å². The second-order valence-corrected chi connectivity index (χ2v) is 8.76. The highest BCUT2D eigenvalue weighted by Crippen LogP contribution is 2.46. The van der Waals surface area contributed by atoms with Crippen molar-refractivity contribution < 1.29 is 0 Å². The van der Waals surface area contributed by atoms with Gasteiger partial charge in [0.1, 0.15) is 0 Å². The van der Waals surface area contributed by atoms with Crippen molar-refractivity contribution in [3.8, 4) is 22.3 Å². The van der Waals surface area contributed by atoms with Crippen LogP contribution in [-0.2, 0) is 0 Å². The lowest BCUT2D eigenvalue weighted by molar-refractivity contribution is 1.28. The van der Waals surface area contributed by atoms with Crippen molar-refractivity contribution in [1.82, 2.24) is 0 Å². The third-order valence-corrected chi connectivity index (χ3v) is 7.11. The number of aryl methyl sites for hydroxylation is 3. The largest absolute Gasteiger partial charge is 0.0622 e. The summed E-state index contributed by atoms with van der Waals surface area (Å²) in [5.74, 6) is 0. The quantitative estimate of drug-likeness (QED) is 0.277. The molecule has 0 aliphatic heterocycles. The SMILES string of the molecule is Cc1cc2c(-c3cccc4ccccc34)c(-c3ccccc3)c(C)c(C)c2c(C)c1C. The summed E-state index contributed by atoms with van der Waals surface area (Å²) in [5, 5.41) is 5.36. The zero-order valence-electron chi connectivity index (χ0n) is 19.0. The van der Waals surface area contributed by atoms with Gasteiger partial charge in [0.25, 0.3) is 0 Å². The molecular formula is C31H28. The number of rotatable bonds is 2. The summed E-state index contributed by atoms with van der Waals surface area (Å²) in [6, 6.07) is 28.7. The Kier molecular flexibility index (Phi) is 4.67. The zero-order valence-corrected chi connectivity index (χ0v) is 19.0. The normalized spacial score (nSPS) is 11.4. The zero-order chi connectivity index (χ0) is 21.7. The van der Waals surface area contributed by atoms with E-state index in [0.29, 0.717) is 0 Å². The lowest BCUT2D eigenvalue weighted by Gasteiger charge is -2.23. The standard InChI is InChI=1S/C31H28/c1-19-18-28-29(21(3)20(19)2)22(4)23(5)30(25-13-7-6-8-14-25)31(28)27-17-11-15-24-12-9-10-16-26(24)27/h6-18H,1-5H3. The smallest absolute Gasteiger partial charge is 0.00175 e. The maximum absolute atomic E-state index is 2.41. The molecule has 0 radical (unpaired) electrons. The predicted molar refractivity (Wildman–Crippen MR) is 136 cm³/mol. The van der Waals surface area contributed by atoms with E-state index >= 15 is 0 Å². The fourth-order valence-electron chi connectivity index (χ4n) is 5.15. The summed E-state index contributed by atoms with van der Waals surface area (Å²) < 4.78 is 0. The first-order chi connectivity index (χ1) is 15.0. The van der Waals surface area contributed by atoms with E-state index in [9.17, 15) is 0 Å². The summed E-state index contributed by atoms with van der Waals surface area (Å²) in [6.45, 7) is 11.4. The highest BCUT2D eigenvalue weighted by Gasteiger charge is 2.21. The van der Waals surface area contributed by atoms with Gasteiger partial charge in [0.05, 0.1) is 0 Å². The van der Waals surface area contributed by atoms with Crippen molar-refractivity contribution in [3.63, 3.8) is 0 Å². The third kappa shape index (κ3) is 2.98. The van der Waals surface area contributed by atoms with E-state index in [2.05, 4.69) is 113 Å². The van der Waals surface area contributed by atoms with Gasteiger partial charge < -0.3 is 0 Å². The van der Waals surface area contributed by atoms with Crippen molar-refractivity contribution in [1.29, 1.82) is 0 Å². The number of benzene rings is 5. The molecule has 0 aromatic heterocycles. The molecule has 5 rings (SSSR count). The summed E-state index contributed by atoms with van der Waals surface area (Å²) in [5.41, 5.74) is 12.2. The van der Waals surface area contributed by atoms with Gasteiger partial charge in [-0.05, 0) is 106 Å². The van der Waals surface area contributed by atoms with Crippen LogP contribution in [0.1, 0.15) is 27.8 Å². The molecule has 5 aromatic rings. The Bertz CT molecular complexity index is 1450. The molecule has 0 heterocycles. The van der Waals surface area contributed by atoms with Gasteiger partial charge in [0.2, 0.25) is 0 Å². The lowest BCUT2D eigenvalue weighted by Crippen LogP contribution is -2.00. The average molecular weight is 401 g/mol. The summed E-state index contributed by atoms with van der Waals surface area (Å²) in [7, 11) is 0. The minimum absolute atomic E-state index is 1.28. The predicted octanol–water partition coefficient (Wildman–Crippen LogP) is 8.87. The van der Waals surface area contributed by atoms with Gasteiger partial charge in [0.15, 0.2) is 0 Å². The van der Waals surface area contributed by atoms with E-state index in [1.54, 1.807) is 0 Å². The van der Waals surface area contributed by atoms with Gasteiger partial charge in [-0.2, -0.15) is 0 Å². The molecule has 0 N–H and O–H groups in total. The van der Waals surface area contributed by atoms with Gasteiger partial charge in [-0.3, -0.25) is 0 Å². The molecule has 0 aliphatic carbocycles. The van der Waals surface area contributed by atoms with Crippen LogP contribution < -0.4 is 0 Å². The topological polar surface area (TPSA) is 0 Å². The van der Waals surface area contributed by atoms with Crippen LogP contribution in [0.25, 0.3) is 43.8 Å². The molecule has 0 spiro atoms. The van der Waals surface area contributed by atoms with Crippen molar-refractivity contribution in [2.75, 3.05) is 0 Å². The maximum Gasteiger partial charge on any atom is -0.00175 e. The van der Waals surface area contributed by atoms with Gasteiger partial charge in [-0.1, -0.05) is 78.9 Å². The van der Waals surface area contributed by atoms with Gasteiger partial charge in [-0.25, -0.2) is 0 Å². The highest BCUT2D eigenvalue weighted by atomic mass is 14.2. The van der Waals surface area contributed by atoms with Crippen LogP contribution in [0.3, 0.4) is 0 Å². The second-order valence-electron chi connectivity index (χ2n) is 8.76. The molecule has 0 amide bonds. The first kappa shape index (κ1) is 19.6. The molecule has 0 unspecified atom stereocenters. The molecule has 0 atom stereocenters. The Morgan fingerprint density at radius 2 is 1.13 bits per heavy atom. The first-order valence-electron chi connectivity index (χ1n) is 11.1. The Hall–Kier alpha value is -3.38. The van der Waals surface area contributed by atoms with Gasteiger partial charge in [-0.15, -0.1) is 0 Å². The fourth-order valence-corrected chi connectivity index (χ4v) is 5.15. The summed E-state index contributed by atoms with van der Waals surface area (Å²) in [4.78, 5) is 0. The fraction of sp³-hybridized carbons (Fsp3) is 0.161. The monoisotopic (exact) mass is 400 g/mol. The molecule has 0 saturated carbocycles. The van der Waals surface area contributed by atoms with E-state index in [1.807, 2.05) is 0 Å². The maximum atomic E-state index is 2.41. The van der Waals surface area contributed by atoms with E-state index in [4.69, 9.17) is 0 Å². The Morgan fingerprint density at radius 1 is 0.484 bits per heavy atom. The van der Waals surface area contributed by atoms with Crippen LogP contribution in [0.5, 0.6) is 0 Å². The van der Waals surface area contributed by atoms with Crippen molar-refractivity contribution in [2.45, 2.75) is 34.6 Å². The molecule has 0 bridgehead atoms. The Labute approximate surface area is 185 Å². The molecular weight excluding hydrogens is 372 g/mol. The average Bonchev–Trinajstić information content (AvgIpc) is 2.80. The minimum Gasteiger partial charge on any atom is -0.0622 e. The second kappa shape index (κ2) is 7.39.